The maximum atomic E-state index is 12.8. The normalized spacial score (nSPS) is 11.8. The molecule has 0 aliphatic heterocycles. The summed E-state index contributed by atoms with van der Waals surface area (Å²) < 4.78 is 85.0. The van der Waals surface area contributed by atoms with Gasteiger partial charge in [0.2, 0.25) is 5.69 Å². The van der Waals surface area contributed by atoms with Gasteiger partial charge in [0.1, 0.15) is 6.54 Å². The number of hydrogen-bond donors (Lipinski definition) is 1. The van der Waals surface area contributed by atoms with Gasteiger partial charge in [-0.25, -0.2) is 9.48 Å². The molecule has 158 valence electrons. The number of carbonyl (C=O) groups is 2. The first-order chi connectivity index (χ1) is 13.4. The van der Waals surface area contributed by atoms with E-state index in [9.17, 15) is 35.9 Å². The van der Waals surface area contributed by atoms with Crippen LogP contribution in [0.3, 0.4) is 0 Å². The third-order valence-corrected chi connectivity index (χ3v) is 3.35. The van der Waals surface area contributed by atoms with E-state index >= 15 is 0 Å². The predicted molar refractivity (Wildman–Crippen MR) is 84.5 cm³/mol. The molecule has 7 nitrogen and oxygen atoms in total. The molecule has 0 saturated heterocycles. The Kier molecular flexibility index (Phi) is 6.39. The highest BCUT2D eigenvalue weighted by molar-refractivity contribution is 5.92. The van der Waals surface area contributed by atoms with Crippen molar-refractivity contribution in [3.63, 3.8) is 0 Å². The molecule has 0 aliphatic rings. The predicted octanol–water partition coefficient (Wildman–Crippen LogP) is 2.74. The van der Waals surface area contributed by atoms with Gasteiger partial charge in [0, 0.05) is 0 Å². The maximum Gasteiger partial charge on any atom is 0.416 e. The largest absolute Gasteiger partial charge is 0.493 e. The number of carbonyl (C=O) groups excluding carboxylic acids is 2. The molecule has 1 aromatic carbocycles. The van der Waals surface area contributed by atoms with Gasteiger partial charge in [0.25, 0.3) is 5.91 Å². The minimum atomic E-state index is -4.63. The van der Waals surface area contributed by atoms with Gasteiger partial charge in [-0.15, -0.1) is 0 Å². The summed E-state index contributed by atoms with van der Waals surface area (Å²) in [5.74, 6) is -2.59. The number of rotatable bonds is 6. The summed E-state index contributed by atoms with van der Waals surface area (Å²) in [7, 11) is 1.15. The number of benzene rings is 1. The van der Waals surface area contributed by atoms with Gasteiger partial charge in [0.05, 0.1) is 24.6 Å². The number of ether oxygens (including phenoxy) is 2. The smallest absolute Gasteiger partial charge is 0.416 e. The molecule has 1 heterocycles. The van der Waals surface area contributed by atoms with Crippen molar-refractivity contribution < 1.29 is 45.4 Å². The Hall–Kier alpha value is -3.25. The minimum absolute atomic E-state index is 0.0416. The van der Waals surface area contributed by atoms with Crippen LogP contribution in [0.4, 0.5) is 26.3 Å². The fourth-order valence-corrected chi connectivity index (χ4v) is 2.06. The number of hydrogen-bond acceptors (Lipinski definition) is 5. The van der Waals surface area contributed by atoms with Gasteiger partial charge in [-0.2, -0.15) is 31.4 Å². The molecule has 0 saturated carbocycles. The highest BCUT2D eigenvalue weighted by atomic mass is 19.4. The average Bonchev–Trinajstić information content (AvgIpc) is 3.08. The molecule has 0 unspecified atom stereocenters. The van der Waals surface area contributed by atoms with Gasteiger partial charge in [-0.3, -0.25) is 4.79 Å². The summed E-state index contributed by atoms with van der Waals surface area (Å²) >= 11 is 0. The molecule has 13 heteroatoms. The van der Waals surface area contributed by atoms with E-state index in [-0.39, 0.29) is 11.4 Å². The fourth-order valence-electron chi connectivity index (χ4n) is 2.06. The molecular weight excluding hydrogens is 412 g/mol. The standard InChI is InChI=1S/C16H13F6N3O4/c1-28-11-6-25(10-4-2-3-9(5-10)16(20,21)22)24-13(11)14(27)29-7-12(26)23-8-15(17,18)19/h2-6H,7-8H2,1H3,(H,23,26). The van der Waals surface area contributed by atoms with E-state index in [1.807, 2.05) is 0 Å². The van der Waals surface area contributed by atoms with Crippen molar-refractivity contribution in [2.45, 2.75) is 12.4 Å². The van der Waals surface area contributed by atoms with Gasteiger partial charge in [0.15, 0.2) is 12.4 Å². The van der Waals surface area contributed by atoms with E-state index < -0.39 is 48.6 Å². The molecule has 0 aliphatic carbocycles. The van der Waals surface area contributed by atoms with Crippen LogP contribution in [0.25, 0.3) is 5.69 Å². The number of methoxy groups -OCH3 is 1. The molecule has 1 amide bonds. The number of nitrogens with one attached hydrogen (secondary N) is 1. The number of alkyl halides is 6. The van der Waals surface area contributed by atoms with Crippen molar-refractivity contribution in [2.75, 3.05) is 20.3 Å². The van der Waals surface area contributed by atoms with E-state index in [2.05, 4.69) is 9.84 Å². The van der Waals surface area contributed by atoms with Crippen LogP contribution in [0.2, 0.25) is 0 Å². The van der Waals surface area contributed by atoms with E-state index in [0.717, 1.165) is 36.2 Å². The maximum absolute atomic E-state index is 12.8. The molecular formula is C16H13F6N3O4. The summed E-state index contributed by atoms with van der Waals surface area (Å²) in [6, 6.07) is 4.06. The number of nitrogens with zero attached hydrogens (tertiary/aromatic N) is 2. The SMILES string of the molecule is COc1cn(-c2cccc(C(F)(F)F)c2)nc1C(=O)OCC(=O)NCC(F)(F)F. The zero-order valence-corrected chi connectivity index (χ0v) is 14.6. The first-order valence-electron chi connectivity index (χ1n) is 7.72. The van der Waals surface area contributed by atoms with Crippen LogP contribution in [0.5, 0.6) is 5.75 Å². The van der Waals surface area contributed by atoms with Crippen LogP contribution in [0.1, 0.15) is 16.1 Å². The Morgan fingerprint density at radius 1 is 1.17 bits per heavy atom. The average molecular weight is 425 g/mol. The van der Waals surface area contributed by atoms with E-state index in [4.69, 9.17) is 4.74 Å². The van der Waals surface area contributed by atoms with Crippen molar-refractivity contribution in [2.24, 2.45) is 0 Å². The summed E-state index contributed by atoms with van der Waals surface area (Å²) in [4.78, 5) is 23.3. The van der Waals surface area contributed by atoms with Crippen LogP contribution in [0, 0.1) is 0 Å². The Morgan fingerprint density at radius 2 is 1.86 bits per heavy atom. The second-order valence-electron chi connectivity index (χ2n) is 5.51. The van der Waals surface area contributed by atoms with Crippen LogP contribution in [-0.4, -0.2) is 48.1 Å². The van der Waals surface area contributed by atoms with Crippen LogP contribution >= 0.6 is 0 Å². The quantitative estimate of drug-likeness (QED) is 0.569. The second-order valence-corrected chi connectivity index (χ2v) is 5.51. The minimum Gasteiger partial charge on any atom is -0.493 e. The number of amides is 1. The lowest BCUT2D eigenvalue weighted by atomic mass is 10.2. The van der Waals surface area contributed by atoms with Gasteiger partial charge < -0.3 is 14.8 Å². The zero-order valence-electron chi connectivity index (χ0n) is 14.6. The Balaban J connectivity index is 2.14. The lowest BCUT2D eigenvalue weighted by molar-refractivity contribution is -0.140. The Labute approximate surface area is 159 Å². The van der Waals surface area contributed by atoms with Crippen LogP contribution in [0.15, 0.2) is 30.5 Å². The summed E-state index contributed by atoms with van der Waals surface area (Å²) in [6.45, 7) is -2.62. The van der Waals surface area contributed by atoms with Gasteiger partial charge in [-0.05, 0) is 18.2 Å². The Bertz CT molecular complexity index is 892. The molecule has 1 aromatic heterocycles. The van der Waals surface area contributed by atoms with Crippen molar-refractivity contribution in [3.8, 4) is 11.4 Å². The van der Waals surface area contributed by atoms with E-state index in [1.165, 1.54) is 11.4 Å². The van der Waals surface area contributed by atoms with Crippen molar-refractivity contribution in [1.29, 1.82) is 0 Å². The molecule has 0 bridgehead atoms. The van der Waals surface area contributed by atoms with Crippen molar-refractivity contribution >= 4 is 11.9 Å². The first kappa shape index (κ1) is 22.0. The van der Waals surface area contributed by atoms with Crippen molar-refractivity contribution in [3.05, 3.63) is 41.7 Å². The van der Waals surface area contributed by atoms with Gasteiger partial charge in [-0.1, -0.05) is 6.07 Å². The zero-order chi connectivity index (χ0) is 21.8. The highest BCUT2D eigenvalue weighted by Gasteiger charge is 2.31. The number of aromatic nitrogens is 2. The molecule has 0 spiro atoms. The van der Waals surface area contributed by atoms with Crippen LogP contribution in [-0.2, 0) is 15.7 Å². The molecule has 2 aromatic rings. The molecule has 2 rings (SSSR count). The third kappa shape index (κ3) is 6.12. The molecule has 0 atom stereocenters. The van der Waals surface area contributed by atoms with Crippen LogP contribution < -0.4 is 10.1 Å². The molecule has 0 fully saturated rings. The molecule has 29 heavy (non-hydrogen) atoms. The topological polar surface area (TPSA) is 82.5 Å². The first-order valence-corrected chi connectivity index (χ1v) is 7.72. The van der Waals surface area contributed by atoms with Crippen molar-refractivity contribution in [1.82, 2.24) is 15.1 Å². The van der Waals surface area contributed by atoms with E-state index in [0.29, 0.717) is 0 Å². The third-order valence-electron chi connectivity index (χ3n) is 3.35. The molecule has 1 N–H and O–H groups in total. The number of esters is 1. The van der Waals surface area contributed by atoms with E-state index in [1.54, 1.807) is 0 Å². The monoisotopic (exact) mass is 425 g/mol. The van der Waals surface area contributed by atoms with Gasteiger partial charge >= 0.3 is 18.3 Å². The highest BCUT2D eigenvalue weighted by Crippen LogP contribution is 2.30. The second kappa shape index (κ2) is 8.41. The fraction of sp³-hybridized carbons (Fsp3) is 0.312. The summed E-state index contributed by atoms with van der Waals surface area (Å²) in [5.41, 5.74) is -1.47. The number of halogens is 6. The lowest BCUT2D eigenvalue weighted by Gasteiger charge is -2.09. The Morgan fingerprint density at radius 3 is 2.45 bits per heavy atom. The molecule has 0 radical (unpaired) electrons. The summed E-state index contributed by atoms with van der Waals surface area (Å²) in [6.07, 6.45) is -8.12. The lowest BCUT2D eigenvalue weighted by Crippen LogP contribution is -2.36. The summed E-state index contributed by atoms with van der Waals surface area (Å²) in [5, 5.41) is 5.28.